The van der Waals surface area contributed by atoms with Gasteiger partial charge in [0, 0.05) is 29.2 Å². The SMILES string of the molecule is CCC(=O)Nc1cccc(NC(=S)NC(=O)CCCOc2ccc(Cl)cc2Cl)c1C. The second-order valence-electron chi connectivity index (χ2n) is 6.41. The maximum Gasteiger partial charge on any atom is 0.226 e. The van der Waals surface area contributed by atoms with E-state index >= 15 is 0 Å². The molecule has 3 N–H and O–H groups in total. The van der Waals surface area contributed by atoms with Gasteiger partial charge < -0.3 is 20.7 Å². The fourth-order valence-corrected chi connectivity index (χ4v) is 3.18. The molecule has 2 amide bonds. The summed E-state index contributed by atoms with van der Waals surface area (Å²) in [6.45, 7) is 3.97. The number of nitrogens with one attached hydrogen (secondary N) is 3. The fraction of sp³-hybridized carbons (Fsp3) is 0.286. The lowest BCUT2D eigenvalue weighted by molar-refractivity contribution is -0.120. The van der Waals surface area contributed by atoms with Gasteiger partial charge in [-0.2, -0.15) is 0 Å². The van der Waals surface area contributed by atoms with E-state index < -0.39 is 0 Å². The van der Waals surface area contributed by atoms with Gasteiger partial charge in [-0.3, -0.25) is 9.59 Å². The Balaban J connectivity index is 1.78. The number of halogens is 2. The summed E-state index contributed by atoms with van der Waals surface area (Å²) >= 11 is 17.1. The molecule has 2 aromatic rings. The first-order valence-corrected chi connectivity index (χ1v) is 10.5. The van der Waals surface area contributed by atoms with Crippen molar-refractivity contribution < 1.29 is 14.3 Å². The van der Waals surface area contributed by atoms with Crippen LogP contribution in [0.4, 0.5) is 11.4 Å². The predicted molar refractivity (Wildman–Crippen MR) is 126 cm³/mol. The van der Waals surface area contributed by atoms with Gasteiger partial charge in [0.15, 0.2) is 5.11 Å². The minimum atomic E-state index is -0.230. The van der Waals surface area contributed by atoms with Crippen LogP contribution in [0.1, 0.15) is 31.7 Å². The van der Waals surface area contributed by atoms with Crippen molar-refractivity contribution in [2.24, 2.45) is 0 Å². The normalized spacial score (nSPS) is 10.3. The van der Waals surface area contributed by atoms with Gasteiger partial charge in [-0.05, 0) is 61.5 Å². The molecule has 2 aromatic carbocycles. The molecule has 0 aliphatic rings. The van der Waals surface area contributed by atoms with E-state index in [-0.39, 0.29) is 23.3 Å². The zero-order chi connectivity index (χ0) is 22.1. The standard InChI is InChI=1S/C21H23Cl2N3O3S/c1-3-19(27)24-16-6-4-7-17(13(16)2)25-21(30)26-20(28)8-5-11-29-18-10-9-14(22)12-15(18)23/h4,6-7,9-10,12H,3,5,8,11H2,1-2H3,(H,24,27)(H2,25,26,28,30). The zero-order valence-electron chi connectivity index (χ0n) is 16.7. The number of benzene rings is 2. The van der Waals surface area contributed by atoms with Crippen molar-refractivity contribution in [2.45, 2.75) is 33.1 Å². The molecule has 6 nitrogen and oxygen atoms in total. The number of anilines is 2. The van der Waals surface area contributed by atoms with E-state index in [9.17, 15) is 9.59 Å². The highest BCUT2D eigenvalue weighted by Gasteiger charge is 2.10. The quantitative estimate of drug-likeness (QED) is 0.361. The Labute approximate surface area is 191 Å². The number of carbonyl (C=O) groups is 2. The van der Waals surface area contributed by atoms with E-state index in [1.807, 2.05) is 19.1 Å². The van der Waals surface area contributed by atoms with Crippen molar-refractivity contribution in [3.05, 3.63) is 52.0 Å². The van der Waals surface area contributed by atoms with E-state index in [1.165, 1.54) is 0 Å². The Hall–Kier alpha value is -2.35. The van der Waals surface area contributed by atoms with Crippen LogP contribution in [0.3, 0.4) is 0 Å². The summed E-state index contributed by atoms with van der Waals surface area (Å²) in [6, 6.07) is 10.4. The number of rotatable bonds is 8. The number of carbonyl (C=O) groups excluding carboxylic acids is 2. The number of thiocarbonyl (C=S) groups is 1. The van der Waals surface area contributed by atoms with Crippen LogP contribution in [-0.2, 0) is 9.59 Å². The van der Waals surface area contributed by atoms with Crippen molar-refractivity contribution in [1.29, 1.82) is 0 Å². The highest BCUT2D eigenvalue weighted by Crippen LogP contribution is 2.27. The molecule has 160 valence electrons. The second kappa shape index (κ2) is 11.7. The van der Waals surface area contributed by atoms with Crippen LogP contribution in [0, 0.1) is 6.92 Å². The maximum absolute atomic E-state index is 12.1. The highest BCUT2D eigenvalue weighted by atomic mass is 35.5. The molecule has 0 aliphatic carbocycles. The van der Waals surface area contributed by atoms with Gasteiger partial charge in [0.05, 0.1) is 11.6 Å². The molecule has 0 bridgehead atoms. The van der Waals surface area contributed by atoms with Crippen LogP contribution in [0.25, 0.3) is 0 Å². The van der Waals surface area contributed by atoms with E-state index in [0.717, 1.165) is 5.56 Å². The molecule has 0 saturated heterocycles. The Morgan fingerprint density at radius 3 is 2.43 bits per heavy atom. The van der Waals surface area contributed by atoms with Gasteiger partial charge in [-0.25, -0.2) is 0 Å². The van der Waals surface area contributed by atoms with Crippen molar-refractivity contribution in [2.75, 3.05) is 17.2 Å². The van der Waals surface area contributed by atoms with Crippen molar-refractivity contribution in [1.82, 2.24) is 5.32 Å². The molecule has 0 aromatic heterocycles. The summed E-state index contributed by atoms with van der Waals surface area (Å²) in [5.74, 6) is 0.212. The summed E-state index contributed by atoms with van der Waals surface area (Å²) < 4.78 is 5.56. The molecule has 30 heavy (non-hydrogen) atoms. The lowest BCUT2D eigenvalue weighted by Gasteiger charge is -2.15. The van der Waals surface area contributed by atoms with Crippen molar-refractivity contribution in [3.63, 3.8) is 0 Å². The van der Waals surface area contributed by atoms with Crippen LogP contribution in [0.15, 0.2) is 36.4 Å². The molecule has 0 radical (unpaired) electrons. The largest absolute Gasteiger partial charge is 0.492 e. The summed E-state index contributed by atoms with van der Waals surface area (Å²) in [5, 5.41) is 9.59. The second-order valence-corrected chi connectivity index (χ2v) is 7.66. The third-order valence-electron chi connectivity index (χ3n) is 4.13. The van der Waals surface area contributed by atoms with Crippen molar-refractivity contribution in [3.8, 4) is 5.75 Å². The zero-order valence-corrected chi connectivity index (χ0v) is 19.0. The minimum absolute atomic E-state index is 0.0757. The van der Waals surface area contributed by atoms with Gasteiger partial charge in [0.25, 0.3) is 0 Å². The molecule has 0 unspecified atom stereocenters. The molecule has 0 aliphatic heterocycles. The Bertz CT molecular complexity index is 938. The summed E-state index contributed by atoms with van der Waals surface area (Å²) in [7, 11) is 0. The van der Waals surface area contributed by atoms with Crippen LogP contribution in [0.5, 0.6) is 5.75 Å². The summed E-state index contributed by atoms with van der Waals surface area (Å²) in [6.07, 6.45) is 1.11. The van der Waals surface area contributed by atoms with Crippen LogP contribution in [-0.4, -0.2) is 23.5 Å². The van der Waals surface area contributed by atoms with E-state index in [1.54, 1.807) is 31.2 Å². The first kappa shape index (κ1) is 23.9. The minimum Gasteiger partial charge on any atom is -0.492 e. The van der Waals surface area contributed by atoms with Crippen molar-refractivity contribution >= 4 is 63.7 Å². The Morgan fingerprint density at radius 1 is 1.07 bits per heavy atom. The first-order chi connectivity index (χ1) is 14.3. The van der Waals surface area contributed by atoms with Gasteiger partial charge in [0.1, 0.15) is 5.75 Å². The molecule has 0 spiro atoms. The topological polar surface area (TPSA) is 79.5 Å². The molecular formula is C21H23Cl2N3O3S. The van der Waals surface area contributed by atoms with Crippen LogP contribution >= 0.6 is 35.4 Å². The maximum atomic E-state index is 12.1. The van der Waals surface area contributed by atoms with E-state index in [4.69, 9.17) is 40.2 Å². The highest BCUT2D eigenvalue weighted by molar-refractivity contribution is 7.80. The molecule has 2 rings (SSSR count). The molecule has 0 atom stereocenters. The number of amides is 2. The van der Waals surface area contributed by atoms with E-state index in [2.05, 4.69) is 16.0 Å². The fourth-order valence-electron chi connectivity index (χ4n) is 2.49. The molecule has 0 fully saturated rings. The molecular weight excluding hydrogens is 445 g/mol. The monoisotopic (exact) mass is 467 g/mol. The van der Waals surface area contributed by atoms with E-state index in [0.29, 0.717) is 46.6 Å². The summed E-state index contributed by atoms with van der Waals surface area (Å²) in [5.41, 5.74) is 2.22. The molecule has 0 saturated carbocycles. The number of ether oxygens (including phenoxy) is 1. The first-order valence-electron chi connectivity index (χ1n) is 9.38. The third-order valence-corrected chi connectivity index (χ3v) is 4.86. The lowest BCUT2D eigenvalue weighted by Crippen LogP contribution is -2.34. The van der Waals surface area contributed by atoms with Crippen LogP contribution in [0.2, 0.25) is 10.0 Å². The Morgan fingerprint density at radius 2 is 1.77 bits per heavy atom. The predicted octanol–water partition coefficient (Wildman–Crippen LogP) is 5.32. The summed E-state index contributed by atoms with van der Waals surface area (Å²) in [4.78, 5) is 23.7. The Kier molecular flexibility index (Phi) is 9.36. The number of hydrogen-bond donors (Lipinski definition) is 3. The van der Waals surface area contributed by atoms with Gasteiger partial charge in [-0.15, -0.1) is 0 Å². The average molecular weight is 468 g/mol. The third kappa shape index (κ3) is 7.48. The lowest BCUT2D eigenvalue weighted by atomic mass is 10.1. The van der Waals surface area contributed by atoms with Gasteiger partial charge >= 0.3 is 0 Å². The van der Waals surface area contributed by atoms with Gasteiger partial charge in [-0.1, -0.05) is 36.2 Å². The molecule has 0 heterocycles. The average Bonchev–Trinajstić information content (AvgIpc) is 2.69. The smallest absolute Gasteiger partial charge is 0.226 e. The number of hydrogen-bond acceptors (Lipinski definition) is 4. The van der Waals surface area contributed by atoms with Crippen LogP contribution < -0.4 is 20.7 Å². The van der Waals surface area contributed by atoms with Gasteiger partial charge in [0.2, 0.25) is 11.8 Å². The molecule has 9 heteroatoms.